The van der Waals surface area contributed by atoms with Crippen LogP contribution in [0.4, 0.5) is 4.39 Å². The summed E-state index contributed by atoms with van der Waals surface area (Å²) in [5, 5.41) is 0. The monoisotopic (exact) mass is 201 g/mol. The molecule has 3 heteroatoms. The van der Waals surface area contributed by atoms with Gasteiger partial charge in [0.05, 0.1) is 0 Å². The Morgan fingerprint density at radius 1 is 1.50 bits per heavy atom. The van der Waals surface area contributed by atoms with E-state index in [2.05, 4.69) is 0 Å². The Morgan fingerprint density at radius 3 is 2.64 bits per heavy atom. The Kier molecular flexibility index (Phi) is 2.56. The van der Waals surface area contributed by atoms with Gasteiger partial charge in [0.25, 0.3) is 0 Å². The molecule has 1 atom stereocenters. The molecule has 1 aliphatic heterocycles. The summed E-state index contributed by atoms with van der Waals surface area (Å²) in [6.45, 7) is 3.95. The summed E-state index contributed by atoms with van der Waals surface area (Å²) in [6, 6.07) is 0. The summed E-state index contributed by atoms with van der Waals surface area (Å²) in [7, 11) is 0. The molecule has 2 rings (SSSR count). The van der Waals surface area contributed by atoms with Crippen molar-refractivity contribution in [3.63, 3.8) is 0 Å². The Labute approximate surface area is 85.0 Å². The van der Waals surface area contributed by atoms with Crippen LogP contribution in [0.1, 0.15) is 32.6 Å². The molecule has 2 nitrogen and oxygen atoms in total. The summed E-state index contributed by atoms with van der Waals surface area (Å²) < 4.78 is 19.0. The molecule has 0 aromatic heterocycles. The van der Waals surface area contributed by atoms with E-state index in [-0.39, 0.29) is 5.41 Å². The molecule has 0 radical (unpaired) electrons. The van der Waals surface area contributed by atoms with E-state index in [1.165, 1.54) is 0 Å². The van der Waals surface area contributed by atoms with Crippen LogP contribution in [0.15, 0.2) is 0 Å². The molecule has 1 aliphatic carbocycles. The van der Waals surface area contributed by atoms with Gasteiger partial charge in [-0.3, -0.25) is 0 Å². The molecule has 2 fully saturated rings. The van der Waals surface area contributed by atoms with Crippen LogP contribution in [-0.2, 0) is 4.74 Å². The summed E-state index contributed by atoms with van der Waals surface area (Å²) in [4.78, 5) is 0. The van der Waals surface area contributed by atoms with Gasteiger partial charge in [-0.15, -0.1) is 0 Å². The van der Waals surface area contributed by atoms with Gasteiger partial charge in [0.2, 0.25) is 0 Å². The SMILES string of the molecule is CC1(F)CC(CN)(C2CCCOC2)C1. The molecule has 14 heavy (non-hydrogen) atoms. The molecule has 0 aromatic rings. The summed E-state index contributed by atoms with van der Waals surface area (Å²) in [5.74, 6) is 0.491. The van der Waals surface area contributed by atoms with Gasteiger partial charge in [-0.25, -0.2) is 4.39 Å². The van der Waals surface area contributed by atoms with E-state index < -0.39 is 5.67 Å². The van der Waals surface area contributed by atoms with Crippen molar-refractivity contribution in [3.05, 3.63) is 0 Å². The number of hydrogen-bond acceptors (Lipinski definition) is 2. The number of halogens is 1. The van der Waals surface area contributed by atoms with Crippen LogP contribution in [0.5, 0.6) is 0 Å². The molecule has 0 spiro atoms. The predicted octanol–water partition coefficient (Wildman–Crippen LogP) is 1.88. The predicted molar refractivity (Wildman–Crippen MR) is 53.8 cm³/mol. The van der Waals surface area contributed by atoms with Crippen molar-refractivity contribution in [2.45, 2.75) is 38.3 Å². The first-order chi connectivity index (χ1) is 6.58. The largest absolute Gasteiger partial charge is 0.381 e. The van der Waals surface area contributed by atoms with E-state index in [1.54, 1.807) is 6.92 Å². The Balaban J connectivity index is 1.99. The number of nitrogens with two attached hydrogens (primary N) is 1. The molecule has 1 saturated carbocycles. The van der Waals surface area contributed by atoms with Gasteiger partial charge >= 0.3 is 0 Å². The van der Waals surface area contributed by atoms with E-state index in [1.807, 2.05) is 0 Å². The van der Waals surface area contributed by atoms with E-state index in [9.17, 15) is 4.39 Å². The third-order valence-corrected chi connectivity index (χ3v) is 3.87. The highest BCUT2D eigenvalue weighted by molar-refractivity contribution is 5.06. The quantitative estimate of drug-likeness (QED) is 0.740. The van der Waals surface area contributed by atoms with Crippen LogP contribution >= 0.6 is 0 Å². The fourth-order valence-electron chi connectivity index (χ4n) is 3.24. The lowest BCUT2D eigenvalue weighted by Gasteiger charge is -2.55. The zero-order valence-corrected chi connectivity index (χ0v) is 8.89. The van der Waals surface area contributed by atoms with Gasteiger partial charge < -0.3 is 10.5 Å². The van der Waals surface area contributed by atoms with Crippen molar-refractivity contribution in [1.29, 1.82) is 0 Å². The molecule has 1 heterocycles. The van der Waals surface area contributed by atoms with Crippen LogP contribution in [0.3, 0.4) is 0 Å². The van der Waals surface area contributed by atoms with Crippen molar-refractivity contribution < 1.29 is 9.13 Å². The second-order valence-electron chi connectivity index (χ2n) is 5.25. The molecule has 82 valence electrons. The van der Waals surface area contributed by atoms with Crippen LogP contribution < -0.4 is 5.73 Å². The maximum Gasteiger partial charge on any atom is 0.109 e. The third-order valence-electron chi connectivity index (χ3n) is 3.87. The number of hydrogen-bond donors (Lipinski definition) is 1. The fourth-order valence-corrected chi connectivity index (χ4v) is 3.24. The Bertz CT molecular complexity index is 203. The van der Waals surface area contributed by atoms with Gasteiger partial charge in [-0.2, -0.15) is 0 Å². The average Bonchev–Trinajstić information content (AvgIpc) is 2.15. The molecule has 0 amide bonds. The van der Waals surface area contributed by atoms with Gasteiger partial charge in [0.1, 0.15) is 5.67 Å². The summed E-state index contributed by atoms with van der Waals surface area (Å²) in [6.07, 6.45) is 3.53. The summed E-state index contributed by atoms with van der Waals surface area (Å²) >= 11 is 0. The minimum Gasteiger partial charge on any atom is -0.381 e. The molecule has 0 aromatic carbocycles. The van der Waals surface area contributed by atoms with Crippen molar-refractivity contribution in [3.8, 4) is 0 Å². The van der Waals surface area contributed by atoms with Crippen LogP contribution in [0.2, 0.25) is 0 Å². The topological polar surface area (TPSA) is 35.2 Å². The zero-order chi connectivity index (χ0) is 10.2. The molecule has 2 N–H and O–H groups in total. The highest BCUT2D eigenvalue weighted by Crippen LogP contribution is 2.56. The fraction of sp³-hybridized carbons (Fsp3) is 1.00. The molecule has 1 unspecified atom stereocenters. The molecule has 1 saturated heterocycles. The van der Waals surface area contributed by atoms with Gasteiger partial charge in [0.15, 0.2) is 0 Å². The van der Waals surface area contributed by atoms with Gasteiger partial charge in [-0.05, 0) is 50.5 Å². The van der Waals surface area contributed by atoms with Crippen LogP contribution in [0.25, 0.3) is 0 Å². The normalized spacial score (nSPS) is 48.6. The van der Waals surface area contributed by atoms with Gasteiger partial charge in [-0.1, -0.05) is 0 Å². The molecule has 0 bridgehead atoms. The maximum atomic E-state index is 13.5. The third kappa shape index (κ3) is 1.68. The highest BCUT2D eigenvalue weighted by Gasteiger charge is 2.55. The standard InChI is InChI=1S/C11H20FNO/c1-10(12)6-11(7-10,8-13)9-3-2-4-14-5-9/h9H,2-8,13H2,1H3. The zero-order valence-electron chi connectivity index (χ0n) is 8.89. The van der Waals surface area contributed by atoms with Gasteiger partial charge in [0, 0.05) is 13.2 Å². The van der Waals surface area contributed by atoms with E-state index >= 15 is 0 Å². The molecule has 2 aliphatic rings. The lowest BCUT2D eigenvalue weighted by atomic mass is 9.54. The van der Waals surface area contributed by atoms with Crippen molar-refractivity contribution >= 4 is 0 Å². The second kappa shape index (κ2) is 3.46. The second-order valence-corrected chi connectivity index (χ2v) is 5.25. The Hall–Kier alpha value is -0.150. The smallest absolute Gasteiger partial charge is 0.109 e. The van der Waals surface area contributed by atoms with Crippen molar-refractivity contribution in [1.82, 2.24) is 0 Å². The van der Waals surface area contributed by atoms with Crippen molar-refractivity contribution in [2.75, 3.05) is 19.8 Å². The number of ether oxygens (including phenoxy) is 1. The van der Waals surface area contributed by atoms with Crippen LogP contribution in [-0.4, -0.2) is 25.4 Å². The lowest BCUT2D eigenvalue weighted by molar-refractivity contribution is -0.120. The minimum absolute atomic E-state index is 0.0456. The van der Waals surface area contributed by atoms with E-state index in [4.69, 9.17) is 10.5 Å². The first-order valence-corrected chi connectivity index (χ1v) is 5.55. The number of alkyl halides is 1. The van der Waals surface area contributed by atoms with E-state index in [0.717, 1.165) is 26.1 Å². The lowest BCUT2D eigenvalue weighted by Crippen LogP contribution is -2.56. The minimum atomic E-state index is -0.975. The molecular formula is C11H20FNO. The first kappa shape index (κ1) is 10.4. The van der Waals surface area contributed by atoms with Crippen LogP contribution in [0, 0.1) is 11.3 Å². The number of rotatable bonds is 2. The summed E-state index contributed by atoms with van der Waals surface area (Å²) in [5.41, 5.74) is 4.87. The average molecular weight is 201 g/mol. The van der Waals surface area contributed by atoms with Crippen molar-refractivity contribution in [2.24, 2.45) is 17.1 Å². The maximum absolute atomic E-state index is 13.5. The Morgan fingerprint density at radius 2 is 2.21 bits per heavy atom. The first-order valence-electron chi connectivity index (χ1n) is 5.55. The van der Waals surface area contributed by atoms with E-state index in [0.29, 0.717) is 25.3 Å². The highest BCUT2D eigenvalue weighted by atomic mass is 19.1. The molecular weight excluding hydrogens is 181 g/mol.